The molecule has 2 aromatic rings. The summed E-state index contributed by atoms with van der Waals surface area (Å²) in [5, 5.41) is 14.1. The van der Waals surface area contributed by atoms with Gasteiger partial charge in [0.15, 0.2) is 5.69 Å². The molecule has 2 heterocycles. The zero-order chi connectivity index (χ0) is 14.8. The molecule has 0 bridgehead atoms. The van der Waals surface area contributed by atoms with E-state index in [1.807, 2.05) is 31.2 Å². The molecule has 0 spiro atoms. The van der Waals surface area contributed by atoms with Crippen molar-refractivity contribution in [2.24, 2.45) is 0 Å². The first kappa shape index (κ1) is 14.2. The zero-order valence-electron chi connectivity index (χ0n) is 11.6. The highest BCUT2D eigenvalue weighted by Gasteiger charge is 2.22. The van der Waals surface area contributed by atoms with E-state index in [-0.39, 0.29) is 11.9 Å². The molecule has 0 radical (unpaired) electrons. The molecular formula is C14H16BrN5O. The second-order valence-electron chi connectivity index (χ2n) is 5.15. The summed E-state index contributed by atoms with van der Waals surface area (Å²) in [5.74, 6) is -0.207. The fourth-order valence-electron chi connectivity index (χ4n) is 2.15. The molecule has 1 saturated heterocycles. The maximum absolute atomic E-state index is 12.2. The average Bonchev–Trinajstić information content (AvgIpc) is 2.86. The lowest BCUT2D eigenvalue weighted by Crippen LogP contribution is -2.43. The van der Waals surface area contributed by atoms with Crippen LogP contribution in [0, 0.1) is 0 Å². The van der Waals surface area contributed by atoms with Gasteiger partial charge in [0.1, 0.15) is 0 Å². The normalized spacial score (nSPS) is 16.3. The SMILES string of the molecule is CC(NC(=O)c1cn(C2CNC2)nn1)c1cccc(Br)c1. The predicted octanol–water partition coefficient (Wildman–Crippen LogP) is 1.68. The Kier molecular flexibility index (Phi) is 4.03. The Balaban J connectivity index is 1.66. The van der Waals surface area contributed by atoms with Crippen LogP contribution in [0.4, 0.5) is 0 Å². The molecule has 6 nitrogen and oxygen atoms in total. The van der Waals surface area contributed by atoms with Gasteiger partial charge in [0.05, 0.1) is 18.3 Å². The maximum Gasteiger partial charge on any atom is 0.273 e. The van der Waals surface area contributed by atoms with Crippen LogP contribution in [0.15, 0.2) is 34.9 Å². The first-order valence-corrected chi connectivity index (χ1v) is 7.61. The van der Waals surface area contributed by atoms with Crippen LogP contribution < -0.4 is 10.6 Å². The van der Waals surface area contributed by atoms with E-state index in [0.717, 1.165) is 23.1 Å². The summed E-state index contributed by atoms with van der Waals surface area (Å²) in [6.07, 6.45) is 1.70. The summed E-state index contributed by atoms with van der Waals surface area (Å²) in [6, 6.07) is 8.08. The number of nitrogens with one attached hydrogen (secondary N) is 2. The second-order valence-corrected chi connectivity index (χ2v) is 6.06. The zero-order valence-corrected chi connectivity index (χ0v) is 13.2. The van der Waals surface area contributed by atoms with Crippen LogP contribution in [-0.4, -0.2) is 34.0 Å². The molecule has 0 saturated carbocycles. The van der Waals surface area contributed by atoms with Crippen LogP contribution >= 0.6 is 15.9 Å². The summed E-state index contributed by atoms with van der Waals surface area (Å²) in [4.78, 5) is 12.2. The number of nitrogens with zero attached hydrogens (tertiary/aromatic N) is 3. The van der Waals surface area contributed by atoms with Crippen LogP contribution in [0.1, 0.15) is 35.1 Å². The number of rotatable bonds is 4. The van der Waals surface area contributed by atoms with Crippen LogP contribution in [0.2, 0.25) is 0 Å². The summed E-state index contributed by atoms with van der Waals surface area (Å²) in [5.41, 5.74) is 1.39. The van der Waals surface area contributed by atoms with E-state index in [9.17, 15) is 4.79 Å². The van der Waals surface area contributed by atoms with Gasteiger partial charge in [-0.2, -0.15) is 0 Å². The maximum atomic E-state index is 12.2. The molecule has 3 rings (SSSR count). The smallest absolute Gasteiger partial charge is 0.273 e. The number of amides is 1. The minimum absolute atomic E-state index is 0.0921. The van der Waals surface area contributed by atoms with Crippen molar-refractivity contribution in [3.8, 4) is 0 Å². The van der Waals surface area contributed by atoms with Crippen molar-refractivity contribution in [1.29, 1.82) is 0 Å². The lowest BCUT2D eigenvalue weighted by Gasteiger charge is -2.26. The van der Waals surface area contributed by atoms with Crippen molar-refractivity contribution in [2.75, 3.05) is 13.1 Å². The van der Waals surface area contributed by atoms with Gasteiger partial charge in [0, 0.05) is 17.6 Å². The largest absolute Gasteiger partial charge is 0.344 e. The molecule has 1 aromatic carbocycles. The van der Waals surface area contributed by atoms with Gasteiger partial charge >= 0.3 is 0 Å². The Hall–Kier alpha value is -1.73. The van der Waals surface area contributed by atoms with Crippen molar-refractivity contribution < 1.29 is 4.79 Å². The number of halogens is 1. The summed E-state index contributed by atoms with van der Waals surface area (Å²) < 4.78 is 2.74. The Labute approximate surface area is 131 Å². The highest BCUT2D eigenvalue weighted by Crippen LogP contribution is 2.18. The Morgan fingerprint density at radius 1 is 1.52 bits per heavy atom. The minimum Gasteiger partial charge on any atom is -0.344 e. The van der Waals surface area contributed by atoms with E-state index in [4.69, 9.17) is 0 Å². The lowest BCUT2D eigenvalue weighted by atomic mass is 10.1. The van der Waals surface area contributed by atoms with Gasteiger partial charge in [-0.3, -0.25) is 4.79 Å². The van der Waals surface area contributed by atoms with Crippen LogP contribution in [0.25, 0.3) is 0 Å². The van der Waals surface area contributed by atoms with Gasteiger partial charge < -0.3 is 10.6 Å². The predicted molar refractivity (Wildman–Crippen MR) is 82.0 cm³/mol. The summed E-state index contributed by atoms with van der Waals surface area (Å²) in [7, 11) is 0. The number of aromatic nitrogens is 3. The van der Waals surface area contributed by atoms with Crippen molar-refractivity contribution in [1.82, 2.24) is 25.6 Å². The number of carbonyl (C=O) groups excluding carboxylic acids is 1. The van der Waals surface area contributed by atoms with Gasteiger partial charge in [-0.05, 0) is 24.6 Å². The fourth-order valence-corrected chi connectivity index (χ4v) is 2.57. The van der Waals surface area contributed by atoms with Crippen LogP contribution in [0.5, 0.6) is 0 Å². The van der Waals surface area contributed by atoms with Crippen molar-refractivity contribution in [2.45, 2.75) is 19.0 Å². The standard InChI is InChI=1S/C14H16BrN5O/c1-9(10-3-2-4-11(15)5-10)17-14(21)13-8-20(19-18-13)12-6-16-7-12/h2-5,8-9,12,16H,6-7H2,1H3,(H,17,21). The third kappa shape index (κ3) is 3.14. The highest BCUT2D eigenvalue weighted by atomic mass is 79.9. The second kappa shape index (κ2) is 5.95. The summed E-state index contributed by atoms with van der Waals surface area (Å²) >= 11 is 3.43. The van der Waals surface area contributed by atoms with Crippen molar-refractivity contribution >= 4 is 21.8 Å². The summed E-state index contributed by atoms with van der Waals surface area (Å²) in [6.45, 7) is 3.69. The molecule has 1 atom stereocenters. The van der Waals surface area contributed by atoms with E-state index in [1.54, 1.807) is 10.9 Å². The third-order valence-electron chi connectivity index (χ3n) is 3.57. The molecule has 110 valence electrons. The topological polar surface area (TPSA) is 71.8 Å². The molecular weight excluding hydrogens is 334 g/mol. The van der Waals surface area contributed by atoms with Crippen molar-refractivity contribution in [3.05, 3.63) is 46.2 Å². The molecule has 7 heteroatoms. The fraction of sp³-hybridized carbons (Fsp3) is 0.357. The number of benzene rings is 1. The molecule has 1 aromatic heterocycles. The van der Waals surface area contributed by atoms with E-state index in [0.29, 0.717) is 11.7 Å². The highest BCUT2D eigenvalue weighted by molar-refractivity contribution is 9.10. The van der Waals surface area contributed by atoms with Crippen LogP contribution in [-0.2, 0) is 0 Å². The molecule has 1 aliphatic heterocycles. The van der Waals surface area contributed by atoms with Gasteiger partial charge in [0.2, 0.25) is 0 Å². The van der Waals surface area contributed by atoms with Crippen molar-refractivity contribution in [3.63, 3.8) is 0 Å². The molecule has 1 aliphatic rings. The van der Waals surface area contributed by atoms with E-state index in [1.165, 1.54) is 0 Å². The Morgan fingerprint density at radius 3 is 3.00 bits per heavy atom. The molecule has 1 unspecified atom stereocenters. The third-order valence-corrected chi connectivity index (χ3v) is 4.07. The lowest BCUT2D eigenvalue weighted by molar-refractivity contribution is 0.0934. The molecule has 1 fully saturated rings. The Morgan fingerprint density at radius 2 is 2.33 bits per heavy atom. The first-order chi connectivity index (χ1) is 10.1. The number of hydrogen-bond donors (Lipinski definition) is 2. The van der Waals surface area contributed by atoms with Crippen LogP contribution in [0.3, 0.4) is 0 Å². The first-order valence-electron chi connectivity index (χ1n) is 6.82. The molecule has 1 amide bonds. The van der Waals surface area contributed by atoms with Gasteiger partial charge in [-0.15, -0.1) is 5.10 Å². The molecule has 21 heavy (non-hydrogen) atoms. The van der Waals surface area contributed by atoms with Gasteiger partial charge in [-0.1, -0.05) is 33.3 Å². The minimum atomic E-state index is -0.207. The van der Waals surface area contributed by atoms with E-state index in [2.05, 4.69) is 36.9 Å². The van der Waals surface area contributed by atoms with Gasteiger partial charge in [0.25, 0.3) is 5.91 Å². The Bertz CT molecular complexity index is 652. The monoisotopic (exact) mass is 349 g/mol. The van der Waals surface area contributed by atoms with Gasteiger partial charge in [-0.25, -0.2) is 4.68 Å². The molecule has 2 N–H and O–H groups in total. The number of hydrogen-bond acceptors (Lipinski definition) is 4. The van der Waals surface area contributed by atoms with E-state index < -0.39 is 0 Å². The van der Waals surface area contributed by atoms with E-state index >= 15 is 0 Å². The number of carbonyl (C=O) groups is 1. The average molecular weight is 350 g/mol. The molecule has 0 aliphatic carbocycles. The quantitative estimate of drug-likeness (QED) is 0.880.